The summed E-state index contributed by atoms with van der Waals surface area (Å²) in [6, 6.07) is 0. The van der Waals surface area contributed by atoms with Crippen LogP contribution in [0.25, 0.3) is 0 Å². The Morgan fingerprint density at radius 3 is 2.38 bits per heavy atom. The molecule has 1 rings (SSSR count). The van der Waals surface area contributed by atoms with Crippen molar-refractivity contribution < 1.29 is 0 Å². The fourth-order valence-corrected chi connectivity index (χ4v) is 2.40. The van der Waals surface area contributed by atoms with Gasteiger partial charge in [0.1, 0.15) is 6.33 Å². The Labute approximate surface area is 130 Å². The van der Waals surface area contributed by atoms with Crippen LogP contribution in [0.1, 0.15) is 78.0 Å². The third-order valence-corrected chi connectivity index (χ3v) is 3.66. The van der Waals surface area contributed by atoms with Crippen molar-refractivity contribution >= 4 is 0 Å². The zero-order valence-corrected chi connectivity index (χ0v) is 14.3. The molecule has 4 heteroatoms. The van der Waals surface area contributed by atoms with Gasteiger partial charge in [0.15, 0.2) is 5.82 Å². The average Bonchev–Trinajstić information content (AvgIpc) is 2.89. The van der Waals surface area contributed by atoms with Gasteiger partial charge in [-0.2, -0.15) is 5.10 Å². The minimum atomic E-state index is 0.671. The van der Waals surface area contributed by atoms with E-state index in [9.17, 15) is 0 Å². The molecule has 0 aliphatic rings. The van der Waals surface area contributed by atoms with E-state index in [1.807, 2.05) is 11.0 Å². The molecular formula is C17H34N4. The van der Waals surface area contributed by atoms with Crippen molar-refractivity contribution in [2.45, 2.75) is 85.2 Å². The van der Waals surface area contributed by atoms with Gasteiger partial charge in [0.05, 0.1) is 6.54 Å². The molecule has 0 spiro atoms. The predicted molar refractivity (Wildman–Crippen MR) is 89.2 cm³/mol. The van der Waals surface area contributed by atoms with Gasteiger partial charge in [0.25, 0.3) is 0 Å². The molecule has 0 radical (unpaired) electrons. The highest BCUT2D eigenvalue weighted by atomic mass is 15.3. The van der Waals surface area contributed by atoms with Gasteiger partial charge in [-0.25, -0.2) is 4.98 Å². The van der Waals surface area contributed by atoms with Gasteiger partial charge < -0.3 is 5.32 Å². The fourth-order valence-electron chi connectivity index (χ4n) is 2.40. The summed E-state index contributed by atoms with van der Waals surface area (Å²) in [4.78, 5) is 4.35. The lowest BCUT2D eigenvalue weighted by Gasteiger charge is -2.04. The Morgan fingerprint density at radius 1 is 1.05 bits per heavy atom. The molecule has 0 atom stereocenters. The molecule has 0 aromatic carbocycles. The second kappa shape index (κ2) is 11.7. The van der Waals surface area contributed by atoms with Crippen LogP contribution in [0.15, 0.2) is 6.33 Å². The van der Waals surface area contributed by atoms with Crippen LogP contribution in [-0.4, -0.2) is 21.3 Å². The van der Waals surface area contributed by atoms with Crippen LogP contribution in [0.4, 0.5) is 0 Å². The first-order chi connectivity index (χ1) is 10.2. The van der Waals surface area contributed by atoms with Crippen molar-refractivity contribution in [1.29, 1.82) is 0 Å². The molecule has 21 heavy (non-hydrogen) atoms. The Balaban J connectivity index is 2.01. The molecule has 122 valence electrons. The first kappa shape index (κ1) is 18.1. The largest absolute Gasteiger partial charge is 0.310 e. The van der Waals surface area contributed by atoms with Crippen LogP contribution in [0, 0.1) is 5.92 Å². The minimum Gasteiger partial charge on any atom is -0.310 e. The van der Waals surface area contributed by atoms with Crippen molar-refractivity contribution in [3.8, 4) is 0 Å². The van der Waals surface area contributed by atoms with E-state index in [0.29, 0.717) is 5.92 Å². The summed E-state index contributed by atoms with van der Waals surface area (Å²) < 4.78 is 1.99. The van der Waals surface area contributed by atoms with Crippen LogP contribution >= 0.6 is 0 Å². The van der Waals surface area contributed by atoms with Gasteiger partial charge in [0.2, 0.25) is 0 Å². The maximum absolute atomic E-state index is 4.51. The van der Waals surface area contributed by atoms with Crippen LogP contribution in [0.2, 0.25) is 0 Å². The van der Waals surface area contributed by atoms with E-state index in [1.165, 1.54) is 51.4 Å². The summed E-state index contributed by atoms with van der Waals surface area (Å²) in [6.45, 7) is 9.49. The molecule has 1 N–H and O–H groups in total. The molecular weight excluding hydrogens is 260 g/mol. The normalized spacial score (nSPS) is 11.4. The van der Waals surface area contributed by atoms with Crippen LogP contribution in [-0.2, 0) is 13.1 Å². The van der Waals surface area contributed by atoms with Crippen LogP contribution < -0.4 is 5.32 Å². The van der Waals surface area contributed by atoms with Crippen molar-refractivity contribution in [2.75, 3.05) is 6.54 Å². The molecule has 0 saturated heterocycles. The number of aromatic nitrogens is 3. The van der Waals surface area contributed by atoms with E-state index in [-0.39, 0.29) is 0 Å². The lowest BCUT2D eigenvalue weighted by Crippen LogP contribution is -2.19. The minimum absolute atomic E-state index is 0.671. The molecule has 0 unspecified atom stereocenters. The first-order valence-electron chi connectivity index (χ1n) is 8.81. The Hall–Kier alpha value is -0.900. The Kier molecular flexibility index (Phi) is 10.1. The second-order valence-electron chi connectivity index (χ2n) is 6.42. The molecule has 0 fully saturated rings. The highest BCUT2D eigenvalue weighted by Crippen LogP contribution is 2.08. The molecule has 0 saturated carbocycles. The van der Waals surface area contributed by atoms with Crippen molar-refractivity contribution in [1.82, 2.24) is 20.1 Å². The molecule has 0 bridgehead atoms. The highest BCUT2D eigenvalue weighted by molar-refractivity contribution is 4.80. The van der Waals surface area contributed by atoms with Crippen molar-refractivity contribution in [2.24, 2.45) is 5.92 Å². The first-order valence-corrected chi connectivity index (χ1v) is 8.81. The molecule has 1 heterocycles. The monoisotopic (exact) mass is 294 g/mol. The van der Waals surface area contributed by atoms with Gasteiger partial charge in [-0.1, -0.05) is 65.7 Å². The second-order valence-corrected chi connectivity index (χ2v) is 6.42. The molecule has 0 aliphatic heterocycles. The third kappa shape index (κ3) is 9.62. The number of rotatable bonds is 13. The summed E-state index contributed by atoms with van der Waals surface area (Å²) in [5, 5.41) is 7.89. The molecule has 0 amide bonds. The van der Waals surface area contributed by atoms with Crippen molar-refractivity contribution in [3.05, 3.63) is 12.2 Å². The standard InChI is InChI=1S/C17H34N4/c1-4-5-6-7-8-9-10-11-12-21-15-19-17(20-21)14-18-13-16(2)3/h15-16,18H,4-14H2,1-3H3. The Morgan fingerprint density at radius 2 is 1.71 bits per heavy atom. The van der Waals surface area contributed by atoms with Gasteiger partial charge >= 0.3 is 0 Å². The molecule has 4 nitrogen and oxygen atoms in total. The van der Waals surface area contributed by atoms with E-state index in [4.69, 9.17) is 0 Å². The van der Waals surface area contributed by atoms with E-state index in [0.717, 1.165) is 25.5 Å². The topological polar surface area (TPSA) is 42.7 Å². The fraction of sp³-hybridized carbons (Fsp3) is 0.882. The highest BCUT2D eigenvalue weighted by Gasteiger charge is 2.01. The maximum Gasteiger partial charge on any atom is 0.164 e. The number of hydrogen-bond acceptors (Lipinski definition) is 3. The van der Waals surface area contributed by atoms with Gasteiger partial charge in [-0.05, 0) is 18.9 Å². The summed E-state index contributed by atoms with van der Waals surface area (Å²) in [5.74, 6) is 1.58. The van der Waals surface area contributed by atoms with Crippen LogP contribution in [0.3, 0.4) is 0 Å². The van der Waals surface area contributed by atoms with Gasteiger partial charge in [-0.3, -0.25) is 4.68 Å². The SMILES string of the molecule is CCCCCCCCCCn1cnc(CNCC(C)C)n1. The summed E-state index contributed by atoms with van der Waals surface area (Å²) in [7, 11) is 0. The van der Waals surface area contributed by atoms with E-state index in [1.54, 1.807) is 0 Å². The lowest BCUT2D eigenvalue weighted by molar-refractivity contribution is 0.509. The number of nitrogens with zero attached hydrogens (tertiary/aromatic N) is 3. The zero-order valence-electron chi connectivity index (χ0n) is 14.3. The summed E-state index contributed by atoms with van der Waals surface area (Å²) in [5.41, 5.74) is 0. The summed E-state index contributed by atoms with van der Waals surface area (Å²) >= 11 is 0. The Bertz CT molecular complexity index is 346. The number of unbranched alkanes of at least 4 members (excludes halogenated alkanes) is 7. The van der Waals surface area contributed by atoms with Crippen molar-refractivity contribution in [3.63, 3.8) is 0 Å². The van der Waals surface area contributed by atoms with Gasteiger partial charge in [0, 0.05) is 6.54 Å². The zero-order chi connectivity index (χ0) is 15.3. The molecule has 1 aromatic rings. The average molecular weight is 294 g/mol. The number of hydrogen-bond donors (Lipinski definition) is 1. The number of nitrogens with one attached hydrogen (secondary N) is 1. The third-order valence-electron chi connectivity index (χ3n) is 3.66. The summed E-state index contributed by atoms with van der Waals surface area (Å²) in [6.07, 6.45) is 12.7. The number of aryl methyl sites for hydroxylation is 1. The maximum atomic E-state index is 4.51. The van der Waals surface area contributed by atoms with E-state index in [2.05, 4.69) is 36.2 Å². The van der Waals surface area contributed by atoms with E-state index < -0.39 is 0 Å². The predicted octanol–water partition coefficient (Wildman–Crippen LogP) is 4.16. The molecule has 0 aliphatic carbocycles. The quantitative estimate of drug-likeness (QED) is 0.555. The van der Waals surface area contributed by atoms with Gasteiger partial charge in [-0.15, -0.1) is 0 Å². The van der Waals surface area contributed by atoms with E-state index >= 15 is 0 Å². The van der Waals surface area contributed by atoms with Crippen LogP contribution in [0.5, 0.6) is 0 Å². The lowest BCUT2D eigenvalue weighted by atomic mass is 10.1. The molecule has 1 aromatic heterocycles. The smallest absolute Gasteiger partial charge is 0.164 e.